The van der Waals surface area contributed by atoms with Gasteiger partial charge in [-0.05, 0) is 280 Å². The molecule has 0 saturated heterocycles. The Morgan fingerprint density at radius 1 is 0.352 bits per heavy atom. The van der Waals surface area contributed by atoms with E-state index in [-0.39, 0.29) is 23.0 Å². The smallest absolute Gasteiger partial charge is 0.252 e. The molecule has 2 aliphatic heterocycles. The third-order valence-corrected chi connectivity index (χ3v) is 26.6. The first kappa shape index (κ1) is 50.4. The van der Waals surface area contributed by atoms with Gasteiger partial charge in [-0.1, -0.05) is 120 Å². The molecule has 8 saturated carbocycles. The van der Waals surface area contributed by atoms with Gasteiger partial charge in [-0.2, -0.15) is 0 Å². The van der Waals surface area contributed by atoms with Gasteiger partial charge in [0.25, 0.3) is 6.71 Å². The van der Waals surface area contributed by atoms with Gasteiger partial charge in [0.1, 0.15) is 0 Å². The van der Waals surface area contributed by atoms with Crippen LogP contribution in [0.1, 0.15) is 141 Å². The maximum absolute atomic E-state index is 2.88. The Bertz CT molecular complexity index is 5690. The van der Waals surface area contributed by atoms with Crippen LogP contribution in [-0.4, -0.2) is 25.0 Å². The molecule has 4 aromatic heterocycles. The third kappa shape index (κ3) is 6.19. The molecule has 6 heterocycles. The van der Waals surface area contributed by atoms with E-state index in [9.17, 15) is 0 Å². The zero-order chi connectivity index (χ0) is 59.8. The number of hydrogen-bond donors (Lipinski definition) is 0. The molecule has 0 spiro atoms. The number of para-hydroxylation sites is 1. The largest absolute Gasteiger partial charge is 0.310 e. The second-order valence-electron chi connectivity index (χ2n) is 33.7. The van der Waals surface area contributed by atoms with Gasteiger partial charge in [0.2, 0.25) is 0 Å². The van der Waals surface area contributed by atoms with Gasteiger partial charge < -0.3 is 18.3 Å². The minimum atomic E-state index is -0.0654. The number of aromatic nitrogens is 4. The Labute approximate surface area is 531 Å². The lowest BCUT2D eigenvalue weighted by Gasteiger charge is -2.57. The summed E-state index contributed by atoms with van der Waals surface area (Å²) in [4.78, 5) is 0. The molecule has 11 aliphatic rings. The van der Waals surface area contributed by atoms with Crippen molar-refractivity contribution in [3.05, 3.63) is 186 Å². The molecule has 0 atom stereocenters. The van der Waals surface area contributed by atoms with Crippen LogP contribution in [0.4, 0.5) is 0 Å². The molecule has 0 unspecified atom stereocenters. The monoisotopic (exact) mass is 1170 g/mol. The van der Waals surface area contributed by atoms with Crippen LogP contribution in [0, 0.1) is 35.5 Å². The molecule has 4 nitrogen and oxygen atoms in total. The second kappa shape index (κ2) is 16.3. The van der Waals surface area contributed by atoms with E-state index in [1.165, 1.54) is 231 Å². The van der Waals surface area contributed by atoms with Crippen molar-refractivity contribution in [3.63, 3.8) is 0 Å². The predicted octanol–water partition coefficient (Wildman–Crippen LogP) is 19.9. The summed E-state index contributed by atoms with van der Waals surface area (Å²) in [6.45, 7) is 14.6. The lowest BCUT2D eigenvalue weighted by molar-refractivity contribution is -0.00526. The molecule has 91 heavy (non-hydrogen) atoms. The zero-order valence-electron chi connectivity index (χ0n) is 53.4. The Kier molecular flexibility index (Phi) is 9.03. The quantitative estimate of drug-likeness (QED) is 0.157. The fraction of sp³-hybridized carbons (Fsp3) is 0.326. The fourth-order valence-corrected chi connectivity index (χ4v) is 23.7. The molecule has 14 aromatic rings. The van der Waals surface area contributed by atoms with Crippen LogP contribution in [0.25, 0.3) is 132 Å². The topological polar surface area (TPSA) is 19.7 Å². The molecule has 442 valence electrons. The molecule has 10 aromatic carbocycles. The first-order valence-electron chi connectivity index (χ1n) is 35.2. The second-order valence-corrected chi connectivity index (χ2v) is 33.7. The zero-order valence-corrected chi connectivity index (χ0v) is 53.4. The first-order valence-corrected chi connectivity index (χ1v) is 35.2. The summed E-state index contributed by atoms with van der Waals surface area (Å²) in [7, 11) is 0. The highest BCUT2D eigenvalue weighted by molar-refractivity contribution is 7.00. The van der Waals surface area contributed by atoms with E-state index in [1.54, 1.807) is 16.6 Å². The van der Waals surface area contributed by atoms with Crippen LogP contribution < -0.4 is 16.4 Å². The summed E-state index contributed by atoms with van der Waals surface area (Å²) >= 11 is 0. The van der Waals surface area contributed by atoms with E-state index < -0.39 is 0 Å². The summed E-state index contributed by atoms with van der Waals surface area (Å²) in [5, 5.41) is 13.8. The number of benzene rings is 10. The average molecular weight is 1180 g/mol. The number of hydrogen-bond acceptors (Lipinski definition) is 0. The van der Waals surface area contributed by atoms with Crippen molar-refractivity contribution in [1.29, 1.82) is 0 Å². The van der Waals surface area contributed by atoms with E-state index in [4.69, 9.17) is 0 Å². The number of rotatable bonds is 4. The molecule has 0 N–H and O–H groups in total. The molecular weight excluding hydrogens is 1100 g/mol. The Morgan fingerprint density at radius 2 is 0.824 bits per heavy atom. The van der Waals surface area contributed by atoms with Gasteiger partial charge in [-0.25, -0.2) is 0 Å². The lowest BCUT2D eigenvalue weighted by Crippen LogP contribution is -2.60. The maximum atomic E-state index is 2.88. The Balaban J connectivity index is 0.886. The first-order chi connectivity index (χ1) is 44.2. The van der Waals surface area contributed by atoms with Crippen molar-refractivity contribution in [2.45, 2.75) is 140 Å². The summed E-state index contributed by atoms with van der Waals surface area (Å²) in [6.07, 6.45) is 17.0. The number of fused-ring (bicyclic) bond motifs is 11. The molecule has 0 amide bonds. The van der Waals surface area contributed by atoms with E-state index in [0.29, 0.717) is 5.41 Å². The standard InChI is InChI=1S/C86H75BN4/c1-83(2,3)53-19-22-67-61(32-53)63-34-55(84(4,5)6)36-65-81(63)90(67)73-38-58(89-70-21-18-52-12-10-15-59-60-16-11-17-69-76(60)78-71(88(69)57-13-8-7-9-14-57)24-25-72(89)79(78)77(70)75(52)59)39-74-80(73)87(65)66-37-56(86-43-49-29-50(44-86)31-51(30-49)45-86)35-64-62-33-54(20-23-68(62)91(74)82(64)66)85-40-46-26-47(41-85)28-48(27-46)42-85/h7-25,32-39,46-51H,26-31,40-45H2,1-6H3. The third-order valence-electron chi connectivity index (χ3n) is 26.6. The minimum Gasteiger partial charge on any atom is -0.310 e. The molecule has 0 radical (unpaired) electrons. The highest BCUT2D eigenvalue weighted by atomic mass is 15.1. The van der Waals surface area contributed by atoms with Crippen LogP contribution in [-0.2, 0) is 21.7 Å². The minimum absolute atomic E-state index is 0.0108. The average Bonchev–Trinajstić information content (AvgIpc) is 1.55. The van der Waals surface area contributed by atoms with Crippen LogP contribution in [0.15, 0.2) is 164 Å². The lowest BCUT2D eigenvalue weighted by atomic mass is 9.33. The van der Waals surface area contributed by atoms with E-state index in [0.717, 1.165) is 35.5 Å². The SMILES string of the molecule is CC(C)(C)c1ccc2c(c1)c1cc(C(C)(C)C)cc3c1n2-c1cc(-n2c4ccc5cccc6c5c4c4c5c7c-6cccc7n(-c6ccccc6)c5ccc42)cc2c1B3c1cc(C34CC5CC(CC(C5)C3)C4)cc3c4cc(C56CC7CC(CC(C7)C5)C6)ccc4n-2c13. The van der Waals surface area contributed by atoms with Gasteiger partial charge in [0.05, 0.1) is 38.8 Å². The highest BCUT2D eigenvalue weighted by Gasteiger charge is 2.54. The van der Waals surface area contributed by atoms with Gasteiger partial charge in [0, 0.05) is 71.2 Å². The molecule has 8 bridgehead atoms. The molecular formula is C86H75BN4. The van der Waals surface area contributed by atoms with Crippen molar-refractivity contribution in [3.8, 4) is 33.9 Å². The molecule has 9 aliphatic carbocycles. The van der Waals surface area contributed by atoms with Gasteiger partial charge in [0.15, 0.2) is 0 Å². The van der Waals surface area contributed by atoms with Crippen LogP contribution in [0.5, 0.6) is 0 Å². The van der Waals surface area contributed by atoms with Crippen LogP contribution >= 0.6 is 0 Å². The summed E-state index contributed by atoms with van der Waals surface area (Å²) in [5.41, 5.74) is 29.4. The van der Waals surface area contributed by atoms with Gasteiger partial charge >= 0.3 is 0 Å². The predicted molar refractivity (Wildman–Crippen MR) is 382 cm³/mol. The van der Waals surface area contributed by atoms with Crippen LogP contribution in [0.2, 0.25) is 0 Å². The summed E-state index contributed by atoms with van der Waals surface area (Å²) in [6, 6.07) is 67.1. The van der Waals surface area contributed by atoms with Gasteiger partial charge in [-0.15, -0.1) is 0 Å². The maximum Gasteiger partial charge on any atom is 0.252 e. The molecule has 25 rings (SSSR count). The Morgan fingerprint density at radius 3 is 1.45 bits per heavy atom. The van der Waals surface area contributed by atoms with E-state index in [2.05, 4.69) is 224 Å². The van der Waals surface area contributed by atoms with Gasteiger partial charge in [-0.3, -0.25) is 0 Å². The summed E-state index contributed by atoms with van der Waals surface area (Å²) < 4.78 is 10.9. The van der Waals surface area contributed by atoms with Crippen molar-refractivity contribution in [2.75, 3.05) is 0 Å². The van der Waals surface area contributed by atoms with Crippen molar-refractivity contribution in [1.82, 2.24) is 18.3 Å². The van der Waals surface area contributed by atoms with E-state index in [1.807, 2.05) is 0 Å². The molecule has 8 fully saturated rings. The Hall–Kier alpha value is -8.28. The molecule has 5 heteroatoms. The van der Waals surface area contributed by atoms with E-state index >= 15 is 0 Å². The van der Waals surface area contributed by atoms with Crippen molar-refractivity contribution < 1.29 is 0 Å². The van der Waals surface area contributed by atoms with Crippen molar-refractivity contribution in [2.24, 2.45) is 35.5 Å². The van der Waals surface area contributed by atoms with Crippen molar-refractivity contribution >= 4 is 121 Å². The van der Waals surface area contributed by atoms with Crippen LogP contribution in [0.3, 0.4) is 0 Å². The summed E-state index contributed by atoms with van der Waals surface area (Å²) in [5.74, 6) is 5.25. The fourth-order valence-electron chi connectivity index (χ4n) is 23.7. The highest BCUT2D eigenvalue weighted by Crippen LogP contribution is 2.63. The number of nitrogens with zero attached hydrogens (tertiary/aromatic N) is 4. The normalized spacial score (nSPS) is 25.5.